The number of rotatable bonds is 6. The number of hydrogen-bond donors (Lipinski definition) is 1. The van der Waals surface area contributed by atoms with Crippen LogP contribution in [0.2, 0.25) is 0 Å². The van der Waals surface area contributed by atoms with Crippen molar-refractivity contribution in [2.45, 2.75) is 32.7 Å². The topological polar surface area (TPSA) is 56.7 Å². The van der Waals surface area contributed by atoms with Crippen LogP contribution in [-0.4, -0.2) is 21.3 Å². The molecule has 2 aromatic rings. The van der Waals surface area contributed by atoms with Crippen molar-refractivity contribution < 1.29 is 4.39 Å². The highest BCUT2D eigenvalue weighted by atomic mass is 19.1. The minimum atomic E-state index is -0.210. The van der Waals surface area contributed by atoms with Gasteiger partial charge in [0.05, 0.1) is 0 Å². The lowest BCUT2D eigenvalue weighted by atomic mass is 9.95. The lowest BCUT2D eigenvalue weighted by Crippen LogP contribution is -2.19. The Morgan fingerprint density at radius 2 is 2.05 bits per heavy atom. The van der Waals surface area contributed by atoms with E-state index >= 15 is 0 Å². The summed E-state index contributed by atoms with van der Waals surface area (Å²) in [5, 5.41) is 4.23. The zero-order chi connectivity index (χ0) is 14.5. The Kier molecular flexibility index (Phi) is 4.84. The highest BCUT2D eigenvalue weighted by Crippen LogP contribution is 2.22. The third-order valence-corrected chi connectivity index (χ3v) is 3.29. The normalized spacial score (nSPS) is 12.8. The molecule has 5 heteroatoms. The zero-order valence-corrected chi connectivity index (χ0v) is 12.0. The molecule has 108 valence electrons. The van der Waals surface area contributed by atoms with Crippen LogP contribution in [0.3, 0.4) is 0 Å². The second-order valence-corrected chi connectivity index (χ2v) is 5.41. The molecule has 1 atom stereocenters. The Bertz CT molecular complexity index is 550. The van der Waals surface area contributed by atoms with E-state index in [0.29, 0.717) is 24.4 Å². The van der Waals surface area contributed by atoms with Crippen LogP contribution in [0, 0.1) is 11.7 Å². The van der Waals surface area contributed by atoms with Crippen LogP contribution in [0.4, 0.5) is 4.39 Å². The van der Waals surface area contributed by atoms with Crippen LogP contribution >= 0.6 is 0 Å². The summed E-state index contributed by atoms with van der Waals surface area (Å²) in [5.74, 6) is 1.06. The molecule has 0 bridgehead atoms. The predicted octanol–water partition coefficient (Wildman–Crippen LogP) is 2.36. The number of benzene rings is 1. The Labute approximate surface area is 118 Å². The molecule has 20 heavy (non-hydrogen) atoms. The standard InChI is InChI=1S/C15H21FN4/c1-11(2)9-20-15(18-10-19-20)7-12(8-17)13-5-3-4-6-14(13)16/h3-6,10-12H,7-9,17H2,1-2H3. The van der Waals surface area contributed by atoms with E-state index in [1.165, 1.54) is 6.07 Å². The maximum atomic E-state index is 13.9. The fourth-order valence-corrected chi connectivity index (χ4v) is 2.29. The van der Waals surface area contributed by atoms with Gasteiger partial charge in [-0.3, -0.25) is 0 Å². The van der Waals surface area contributed by atoms with Gasteiger partial charge in [-0.2, -0.15) is 5.10 Å². The second kappa shape index (κ2) is 6.61. The Hall–Kier alpha value is -1.75. The summed E-state index contributed by atoms with van der Waals surface area (Å²) in [4.78, 5) is 4.29. The van der Waals surface area contributed by atoms with Gasteiger partial charge in [-0.05, 0) is 24.1 Å². The van der Waals surface area contributed by atoms with Crippen molar-refractivity contribution in [3.8, 4) is 0 Å². The SMILES string of the molecule is CC(C)Cn1ncnc1CC(CN)c1ccccc1F. The van der Waals surface area contributed by atoms with E-state index in [-0.39, 0.29) is 11.7 Å². The summed E-state index contributed by atoms with van der Waals surface area (Å²) in [6, 6.07) is 6.78. The van der Waals surface area contributed by atoms with Gasteiger partial charge in [-0.1, -0.05) is 32.0 Å². The van der Waals surface area contributed by atoms with Gasteiger partial charge >= 0.3 is 0 Å². The summed E-state index contributed by atoms with van der Waals surface area (Å²) in [6.45, 7) is 5.45. The number of nitrogens with two attached hydrogens (primary N) is 1. The van der Waals surface area contributed by atoms with E-state index in [1.807, 2.05) is 10.7 Å². The van der Waals surface area contributed by atoms with Crippen LogP contribution < -0.4 is 5.73 Å². The molecule has 1 unspecified atom stereocenters. The Morgan fingerprint density at radius 1 is 1.30 bits per heavy atom. The first-order chi connectivity index (χ1) is 9.61. The molecule has 0 spiro atoms. The third kappa shape index (κ3) is 3.42. The molecular formula is C15H21FN4. The van der Waals surface area contributed by atoms with Gasteiger partial charge in [0, 0.05) is 18.9 Å². The van der Waals surface area contributed by atoms with Crippen LogP contribution in [-0.2, 0) is 13.0 Å². The lowest BCUT2D eigenvalue weighted by Gasteiger charge is -2.16. The molecule has 0 aliphatic rings. The smallest absolute Gasteiger partial charge is 0.138 e. The molecule has 2 rings (SSSR count). The Morgan fingerprint density at radius 3 is 2.70 bits per heavy atom. The van der Waals surface area contributed by atoms with Gasteiger partial charge in [0.15, 0.2) is 0 Å². The highest BCUT2D eigenvalue weighted by Gasteiger charge is 2.18. The van der Waals surface area contributed by atoms with E-state index in [1.54, 1.807) is 18.5 Å². The van der Waals surface area contributed by atoms with Crippen molar-refractivity contribution in [2.75, 3.05) is 6.54 Å². The third-order valence-electron chi connectivity index (χ3n) is 3.29. The van der Waals surface area contributed by atoms with Crippen molar-refractivity contribution >= 4 is 0 Å². The fourth-order valence-electron chi connectivity index (χ4n) is 2.29. The molecular weight excluding hydrogens is 255 g/mol. The molecule has 2 N–H and O–H groups in total. The molecule has 1 aromatic carbocycles. The quantitative estimate of drug-likeness (QED) is 0.881. The first-order valence-corrected chi connectivity index (χ1v) is 6.93. The zero-order valence-electron chi connectivity index (χ0n) is 12.0. The summed E-state index contributed by atoms with van der Waals surface area (Å²) >= 11 is 0. The van der Waals surface area contributed by atoms with Gasteiger partial charge in [0.25, 0.3) is 0 Å². The van der Waals surface area contributed by atoms with Crippen LogP contribution in [0.1, 0.15) is 31.2 Å². The van der Waals surface area contributed by atoms with E-state index in [2.05, 4.69) is 23.9 Å². The van der Waals surface area contributed by atoms with Gasteiger partial charge in [-0.25, -0.2) is 14.1 Å². The molecule has 0 fully saturated rings. The minimum Gasteiger partial charge on any atom is -0.330 e. The summed E-state index contributed by atoms with van der Waals surface area (Å²) in [5.41, 5.74) is 6.46. The van der Waals surface area contributed by atoms with Crippen molar-refractivity contribution in [1.29, 1.82) is 0 Å². The molecule has 4 nitrogen and oxygen atoms in total. The molecule has 1 heterocycles. The highest BCUT2D eigenvalue weighted by molar-refractivity contribution is 5.23. The maximum absolute atomic E-state index is 13.9. The first-order valence-electron chi connectivity index (χ1n) is 6.93. The van der Waals surface area contributed by atoms with E-state index in [4.69, 9.17) is 5.73 Å². The van der Waals surface area contributed by atoms with Gasteiger partial charge < -0.3 is 5.73 Å². The van der Waals surface area contributed by atoms with Crippen LogP contribution in [0.5, 0.6) is 0 Å². The molecule has 0 aliphatic carbocycles. The first kappa shape index (κ1) is 14.7. The number of hydrogen-bond acceptors (Lipinski definition) is 3. The average Bonchev–Trinajstić information content (AvgIpc) is 2.83. The van der Waals surface area contributed by atoms with Crippen molar-refractivity contribution in [3.63, 3.8) is 0 Å². The summed E-state index contributed by atoms with van der Waals surface area (Å²) in [6.07, 6.45) is 2.15. The summed E-state index contributed by atoms with van der Waals surface area (Å²) in [7, 11) is 0. The monoisotopic (exact) mass is 276 g/mol. The molecule has 0 saturated carbocycles. The van der Waals surface area contributed by atoms with Gasteiger partial charge in [0.2, 0.25) is 0 Å². The lowest BCUT2D eigenvalue weighted by molar-refractivity contribution is 0.457. The van der Waals surface area contributed by atoms with Crippen molar-refractivity contribution in [3.05, 3.63) is 47.8 Å². The molecule has 0 radical (unpaired) electrons. The number of nitrogens with zero attached hydrogens (tertiary/aromatic N) is 3. The maximum Gasteiger partial charge on any atom is 0.138 e. The van der Waals surface area contributed by atoms with Gasteiger partial charge in [0.1, 0.15) is 18.0 Å². The molecule has 0 aliphatic heterocycles. The second-order valence-electron chi connectivity index (χ2n) is 5.41. The number of aromatic nitrogens is 3. The Balaban J connectivity index is 2.19. The largest absolute Gasteiger partial charge is 0.330 e. The van der Waals surface area contributed by atoms with E-state index in [0.717, 1.165) is 12.4 Å². The van der Waals surface area contributed by atoms with Crippen molar-refractivity contribution in [2.24, 2.45) is 11.7 Å². The average molecular weight is 276 g/mol. The minimum absolute atomic E-state index is 0.0775. The molecule has 1 aromatic heterocycles. The molecule has 0 amide bonds. The number of halogens is 1. The van der Waals surface area contributed by atoms with Crippen LogP contribution in [0.25, 0.3) is 0 Å². The van der Waals surface area contributed by atoms with Crippen LogP contribution in [0.15, 0.2) is 30.6 Å². The van der Waals surface area contributed by atoms with Crippen molar-refractivity contribution in [1.82, 2.24) is 14.8 Å². The van der Waals surface area contributed by atoms with E-state index in [9.17, 15) is 4.39 Å². The molecule has 0 saturated heterocycles. The van der Waals surface area contributed by atoms with E-state index < -0.39 is 0 Å². The predicted molar refractivity (Wildman–Crippen MR) is 76.8 cm³/mol. The summed E-state index contributed by atoms with van der Waals surface area (Å²) < 4.78 is 15.8. The fraction of sp³-hybridized carbons (Fsp3) is 0.467. The van der Waals surface area contributed by atoms with Gasteiger partial charge in [-0.15, -0.1) is 0 Å².